The molecule has 2 amide bonds. The topological polar surface area (TPSA) is 90.7 Å². The number of ether oxygens (including phenoxy) is 2. The van der Waals surface area contributed by atoms with Gasteiger partial charge in [0.25, 0.3) is 0 Å². The molecule has 1 aliphatic carbocycles. The van der Waals surface area contributed by atoms with Gasteiger partial charge in [0.05, 0.1) is 0 Å². The van der Waals surface area contributed by atoms with Crippen molar-refractivity contribution in [3.05, 3.63) is 35.9 Å². The van der Waals surface area contributed by atoms with Crippen LogP contribution in [0.4, 0.5) is 9.59 Å². The van der Waals surface area contributed by atoms with Gasteiger partial charge in [-0.15, -0.1) is 0 Å². The Bertz CT molecular complexity index is 574. The van der Waals surface area contributed by atoms with Crippen LogP contribution in [-0.4, -0.2) is 23.8 Å². The summed E-state index contributed by atoms with van der Waals surface area (Å²) in [4.78, 5) is 23.0. The van der Waals surface area contributed by atoms with E-state index in [1.165, 1.54) is 0 Å². The molecule has 0 heterocycles. The third kappa shape index (κ3) is 7.03. The summed E-state index contributed by atoms with van der Waals surface area (Å²) in [5, 5.41) is 2.95. The van der Waals surface area contributed by atoms with Crippen molar-refractivity contribution in [2.45, 2.75) is 64.2 Å². The van der Waals surface area contributed by atoms with Gasteiger partial charge < -0.3 is 20.5 Å². The fourth-order valence-corrected chi connectivity index (χ4v) is 3.55. The van der Waals surface area contributed by atoms with Gasteiger partial charge in [-0.1, -0.05) is 43.2 Å². The molecule has 1 saturated carbocycles. The zero-order valence-electron chi connectivity index (χ0n) is 15.0. The molecule has 1 aromatic carbocycles. The standard InChI is InChI=1S/C19H28N2O4/c1-19(2,25-17(20)22)12-15-9-6-10-16(11-15)21-18(23)24-13-14-7-4-3-5-8-14/h3-5,7-8,15-16H,6,9-13H2,1-2H3,(H2,20,22)(H,21,23)/t15-,16+/m0/s1. The lowest BCUT2D eigenvalue weighted by molar-refractivity contribution is 0.0201. The Hall–Kier alpha value is -2.24. The van der Waals surface area contributed by atoms with E-state index in [-0.39, 0.29) is 18.7 Å². The average molecular weight is 348 g/mol. The van der Waals surface area contributed by atoms with Gasteiger partial charge in [-0.2, -0.15) is 0 Å². The summed E-state index contributed by atoms with van der Waals surface area (Å²) in [6.07, 6.45) is 3.47. The van der Waals surface area contributed by atoms with Gasteiger partial charge in [0.15, 0.2) is 0 Å². The summed E-state index contributed by atoms with van der Waals surface area (Å²) < 4.78 is 10.5. The van der Waals surface area contributed by atoms with E-state index in [0.29, 0.717) is 5.92 Å². The Labute approximate surface area is 149 Å². The van der Waals surface area contributed by atoms with Gasteiger partial charge >= 0.3 is 12.2 Å². The zero-order chi connectivity index (χ0) is 18.3. The van der Waals surface area contributed by atoms with Crippen molar-refractivity contribution in [2.75, 3.05) is 0 Å². The van der Waals surface area contributed by atoms with Crippen molar-refractivity contribution in [1.82, 2.24) is 5.32 Å². The third-order valence-electron chi connectivity index (χ3n) is 4.47. The highest BCUT2D eigenvalue weighted by Gasteiger charge is 2.31. The van der Waals surface area contributed by atoms with Crippen LogP contribution in [0.5, 0.6) is 0 Å². The highest BCUT2D eigenvalue weighted by atomic mass is 16.6. The predicted octanol–water partition coefficient (Wildman–Crippen LogP) is 3.74. The number of carbonyl (C=O) groups excluding carboxylic acids is 2. The second-order valence-electron chi connectivity index (χ2n) is 7.32. The molecule has 138 valence electrons. The van der Waals surface area contributed by atoms with E-state index in [1.807, 2.05) is 44.2 Å². The molecule has 0 unspecified atom stereocenters. The van der Waals surface area contributed by atoms with Gasteiger partial charge in [-0.25, -0.2) is 9.59 Å². The average Bonchev–Trinajstić information content (AvgIpc) is 2.52. The minimum absolute atomic E-state index is 0.0893. The van der Waals surface area contributed by atoms with Crippen molar-refractivity contribution in [1.29, 1.82) is 0 Å². The number of nitrogens with one attached hydrogen (secondary N) is 1. The van der Waals surface area contributed by atoms with Crippen LogP contribution >= 0.6 is 0 Å². The summed E-state index contributed by atoms with van der Waals surface area (Å²) in [5.41, 5.74) is 5.49. The Balaban J connectivity index is 1.76. The van der Waals surface area contributed by atoms with Gasteiger partial charge in [0.2, 0.25) is 0 Å². The second-order valence-corrected chi connectivity index (χ2v) is 7.32. The second kappa shape index (κ2) is 8.74. The molecule has 0 saturated heterocycles. The zero-order valence-corrected chi connectivity index (χ0v) is 15.0. The molecular formula is C19H28N2O4. The van der Waals surface area contributed by atoms with Gasteiger partial charge in [-0.3, -0.25) is 0 Å². The Kier molecular flexibility index (Phi) is 6.67. The minimum Gasteiger partial charge on any atom is -0.445 e. The van der Waals surface area contributed by atoms with Crippen LogP contribution in [0, 0.1) is 5.92 Å². The van der Waals surface area contributed by atoms with Crippen LogP contribution in [0.2, 0.25) is 0 Å². The maximum Gasteiger partial charge on any atom is 0.407 e. The highest BCUT2D eigenvalue weighted by molar-refractivity contribution is 5.67. The lowest BCUT2D eigenvalue weighted by Crippen LogP contribution is -2.41. The van der Waals surface area contributed by atoms with Crippen LogP contribution in [-0.2, 0) is 16.1 Å². The number of primary amides is 1. The molecule has 3 N–H and O–H groups in total. The number of rotatable bonds is 6. The van der Waals surface area contributed by atoms with Crippen LogP contribution in [0.25, 0.3) is 0 Å². The number of hydrogen-bond acceptors (Lipinski definition) is 4. The predicted molar refractivity (Wildman–Crippen MR) is 94.9 cm³/mol. The molecule has 2 rings (SSSR count). The fourth-order valence-electron chi connectivity index (χ4n) is 3.55. The van der Waals surface area contributed by atoms with Gasteiger partial charge in [-0.05, 0) is 44.6 Å². The quantitative estimate of drug-likeness (QED) is 0.819. The summed E-state index contributed by atoms with van der Waals surface area (Å²) in [7, 11) is 0. The molecule has 2 atom stereocenters. The fraction of sp³-hybridized carbons (Fsp3) is 0.579. The third-order valence-corrected chi connectivity index (χ3v) is 4.47. The Morgan fingerprint density at radius 1 is 1.24 bits per heavy atom. The molecule has 0 radical (unpaired) electrons. The van der Waals surface area contributed by atoms with Crippen LogP contribution in [0.3, 0.4) is 0 Å². The molecule has 1 fully saturated rings. The molecule has 0 spiro atoms. The number of carbonyl (C=O) groups is 2. The van der Waals surface area contributed by atoms with Crippen LogP contribution in [0.15, 0.2) is 30.3 Å². The first kappa shape index (κ1) is 19.1. The smallest absolute Gasteiger partial charge is 0.407 e. The molecule has 1 aliphatic rings. The number of amides is 2. The molecular weight excluding hydrogens is 320 g/mol. The van der Waals surface area contributed by atoms with E-state index in [2.05, 4.69) is 5.32 Å². The van der Waals surface area contributed by atoms with Crippen LogP contribution in [0.1, 0.15) is 51.5 Å². The lowest BCUT2D eigenvalue weighted by Gasteiger charge is -2.34. The minimum atomic E-state index is -0.750. The van der Waals surface area contributed by atoms with E-state index in [9.17, 15) is 9.59 Å². The van der Waals surface area contributed by atoms with E-state index in [1.54, 1.807) is 0 Å². The van der Waals surface area contributed by atoms with Crippen LogP contribution < -0.4 is 11.1 Å². The number of nitrogens with two attached hydrogens (primary N) is 1. The summed E-state index contributed by atoms with van der Waals surface area (Å²) in [6, 6.07) is 9.69. The first-order valence-corrected chi connectivity index (χ1v) is 8.80. The SMILES string of the molecule is CC(C)(C[C@H]1CCC[C@@H](NC(=O)OCc2ccccc2)C1)OC(N)=O. The first-order chi connectivity index (χ1) is 11.8. The van der Waals surface area contributed by atoms with Gasteiger partial charge in [0, 0.05) is 6.04 Å². The largest absolute Gasteiger partial charge is 0.445 e. The monoisotopic (exact) mass is 348 g/mol. The van der Waals surface area contributed by atoms with E-state index in [0.717, 1.165) is 37.7 Å². The molecule has 1 aromatic rings. The van der Waals surface area contributed by atoms with E-state index >= 15 is 0 Å². The Morgan fingerprint density at radius 2 is 1.96 bits per heavy atom. The molecule has 6 heteroatoms. The van der Waals surface area contributed by atoms with Crippen molar-refractivity contribution < 1.29 is 19.1 Å². The number of hydrogen-bond donors (Lipinski definition) is 2. The molecule has 0 aromatic heterocycles. The summed E-state index contributed by atoms with van der Waals surface area (Å²) in [5.74, 6) is 0.377. The van der Waals surface area contributed by atoms with Crippen molar-refractivity contribution in [3.63, 3.8) is 0 Å². The summed E-state index contributed by atoms with van der Waals surface area (Å²) >= 11 is 0. The lowest BCUT2D eigenvalue weighted by atomic mass is 9.80. The van der Waals surface area contributed by atoms with Crippen molar-refractivity contribution in [2.24, 2.45) is 11.7 Å². The van der Waals surface area contributed by atoms with Crippen molar-refractivity contribution in [3.8, 4) is 0 Å². The molecule has 0 bridgehead atoms. The molecule has 25 heavy (non-hydrogen) atoms. The van der Waals surface area contributed by atoms with Crippen molar-refractivity contribution >= 4 is 12.2 Å². The highest BCUT2D eigenvalue weighted by Crippen LogP contribution is 2.32. The Morgan fingerprint density at radius 3 is 2.64 bits per heavy atom. The molecule has 6 nitrogen and oxygen atoms in total. The first-order valence-electron chi connectivity index (χ1n) is 8.80. The van der Waals surface area contributed by atoms with E-state index in [4.69, 9.17) is 15.2 Å². The maximum atomic E-state index is 12.0. The van der Waals surface area contributed by atoms with E-state index < -0.39 is 11.7 Å². The number of alkyl carbamates (subject to hydrolysis) is 1. The van der Waals surface area contributed by atoms with Gasteiger partial charge in [0.1, 0.15) is 12.2 Å². The molecule has 0 aliphatic heterocycles. The normalized spacial score (nSPS) is 20.6. The maximum absolute atomic E-state index is 12.0. The summed E-state index contributed by atoms with van der Waals surface area (Å²) in [6.45, 7) is 3.99. The number of benzene rings is 1.